The van der Waals surface area contributed by atoms with Gasteiger partial charge in [-0.3, -0.25) is 0 Å². The number of hydrogen-bond acceptors (Lipinski definition) is 4. The van der Waals surface area contributed by atoms with Crippen molar-refractivity contribution < 1.29 is 42.6 Å². The summed E-state index contributed by atoms with van der Waals surface area (Å²) in [6.45, 7) is 0. The topological polar surface area (TPSA) is 87.4 Å². The molecule has 0 aliphatic heterocycles. The van der Waals surface area contributed by atoms with Crippen LogP contribution in [0.3, 0.4) is 0 Å². The Morgan fingerprint density at radius 1 is 1.89 bits per heavy atom. The van der Waals surface area contributed by atoms with E-state index in [1.54, 1.807) is 5.48 Å². The molecule has 0 aliphatic carbocycles. The maximum absolute atomic E-state index is 9.50. The first-order valence-corrected chi connectivity index (χ1v) is 2.86. The van der Waals surface area contributed by atoms with Crippen LogP contribution in [0.4, 0.5) is 0 Å². The van der Waals surface area contributed by atoms with Crippen LogP contribution in [0.2, 0.25) is 0 Å². The maximum atomic E-state index is 9.50. The van der Waals surface area contributed by atoms with Gasteiger partial charge >= 0.3 is 29.6 Å². The minimum Gasteiger partial charge on any atom is -0.748 e. The Kier molecular flexibility index (Phi) is 9.50. The van der Waals surface area contributed by atoms with Crippen molar-refractivity contribution in [1.82, 2.24) is 5.48 Å². The molecule has 0 radical (unpaired) electrons. The van der Waals surface area contributed by atoms with E-state index in [4.69, 9.17) is 5.73 Å². The third-order valence-electron chi connectivity index (χ3n) is 0.210. The van der Waals surface area contributed by atoms with Gasteiger partial charge in [0.25, 0.3) is 0 Å². The van der Waals surface area contributed by atoms with Crippen molar-refractivity contribution in [3.63, 3.8) is 0 Å². The summed E-state index contributed by atoms with van der Waals surface area (Å²) in [5, 5.41) is -0.228. The first-order chi connectivity index (χ1) is 3.63. The second-order valence-electron chi connectivity index (χ2n) is 0.754. The summed E-state index contributed by atoms with van der Waals surface area (Å²) in [6, 6.07) is 0. The predicted molar refractivity (Wildman–Crippen MR) is 29.9 cm³/mol. The van der Waals surface area contributed by atoms with Gasteiger partial charge < -0.3 is 10.3 Å². The van der Waals surface area contributed by atoms with E-state index < -0.39 is 11.4 Å². The monoisotopic (exact) mass is 178 g/mol. The van der Waals surface area contributed by atoms with E-state index >= 15 is 0 Å². The minimum absolute atomic E-state index is 0. The minimum atomic E-state index is -2.61. The molecule has 1 atom stereocenters. The first-order valence-electron chi connectivity index (χ1n) is 1.45. The SMILES string of the molecule is NC(=S)NOS(=O)[O-].[Na+]. The van der Waals surface area contributed by atoms with Crippen molar-refractivity contribution in [2.75, 3.05) is 0 Å². The third kappa shape index (κ3) is 12.1. The fourth-order valence-corrected chi connectivity index (χ4v) is 0.327. The number of nitrogens with two attached hydrogens (primary N) is 1. The van der Waals surface area contributed by atoms with Crippen LogP contribution >= 0.6 is 12.2 Å². The van der Waals surface area contributed by atoms with Gasteiger partial charge in [0.15, 0.2) is 5.11 Å². The van der Waals surface area contributed by atoms with E-state index in [1.165, 1.54) is 0 Å². The van der Waals surface area contributed by atoms with Crippen LogP contribution in [-0.4, -0.2) is 13.9 Å². The molecule has 0 heterocycles. The molecular weight excluding hydrogens is 175 g/mol. The Balaban J connectivity index is 0. The average molecular weight is 178 g/mol. The third-order valence-corrected chi connectivity index (χ3v) is 0.513. The molecule has 0 aromatic heterocycles. The molecule has 48 valence electrons. The number of rotatable bonds is 2. The van der Waals surface area contributed by atoms with Crippen LogP contribution in [-0.2, 0) is 15.6 Å². The van der Waals surface area contributed by atoms with Crippen molar-refractivity contribution in [3.8, 4) is 0 Å². The van der Waals surface area contributed by atoms with E-state index in [0.717, 1.165) is 0 Å². The average Bonchev–Trinajstić information content (AvgIpc) is 1.61. The summed E-state index contributed by atoms with van der Waals surface area (Å²) in [6.07, 6.45) is 0. The fraction of sp³-hybridized carbons (Fsp3) is 0. The van der Waals surface area contributed by atoms with Gasteiger partial charge in [-0.1, -0.05) is 0 Å². The molecule has 5 nitrogen and oxygen atoms in total. The summed E-state index contributed by atoms with van der Waals surface area (Å²) in [4.78, 5) is 0. The van der Waals surface area contributed by atoms with E-state index in [9.17, 15) is 8.76 Å². The fourth-order valence-electron chi connectivity index (χ4n) is 0.0751. The van der Waals surface area contributed by atoms with Gasteiger partial charge in [0.1, 0.15) is 11.4 Å². The van der Waals surface area contributed by atoms with Crippen molar-refractivity contribution in [3.05, 3.63) is 0 Å². The Morgan fingerprint density at radius 2 is 2.33 bits per heavy atom. The van der Waals surface area contributed by atoms with Crippen molar-refractivity contribution in [1.29, 1.82) is 0 Å². The Bertz CT molecular complexity index is 104. The molecule has 0 saturated heterocycles. The molecule has 0 spiro atoms. The molecule has 0 rings (SSSR count). The first kappa shape index (κ1) is 12.4. The van der Waals surface area contributed by atoms with Crippen molar-refractivity contribution in [2.45, 2.75) is 0 Å². The Morgan fingerprint density at radius 3 is 2.44 bits per heavy atom. The zero-order valence-electron chi connectivity index (χ0n) is 4.62. The van der Waals surface area contributed by atoms with Crippen LogP contribution < -0.4 is 40.8 Å². The summed E-state index contributed by atoms with van der Waals surface area (Å²) in [5.74, 6) is 0. The molecule has 0 aromatic carbocycles. The molecule has 8 heteroatoms. The van der Waals surface area contributed by atoms with Gasteiger partial charge in [0, 0.05) is 0 Å². The van der Waals surface area contributed by atoms with Gasteiger partial charge in [-0.15, -0.1) is 0 Å². The van der Waals surface area contributed by atoms with Gasteiger partial charge in [-0.25, -0.2) is 9.69 Å². The summed E-state index contributed by atoms with van der Waals surface area (Å²) < 4.78 is 22.7. The number of hydrogen-bond donors (Lipinski definition) is 2. The number of nitrogens with one attached hydrogen (secondary N) is 1. The van der Waals surface area contributed by atoms with Crippen molar-refractivity contribution in [2.24, 2.45) is 5.73 Å². The van der Waals surface area contributed by atoms with Crippen LogP contribution in [0.25, 0.3) is 0 Å². The summed E-state index contributed by atoms with van der Waals surface area (Å²) in [7, 11) is 0. The molecule has 0 amide bonds. The second kappa shape index (κ2) is 6.87. The quantitative estimate of drug-likeness (QED) is 0.192. The summed E-state index contributed by atoms with van der Waals surface area (Å²) >= 11 is 1.57. The van der Waals surface area contributed by atoms with Gasteiger partial charge in [-0.2, -0.15) is 4.28 Å². The number of thiocarbonyl (C=S) groups is 1. The van der Waals surface area contributed by atoms with Gasteiger partial charge in [-0.05, 0) is 12.2 Å². The summed E-state index contributed by atoms with van der Waals surface area (Å²) in [5.41, 5.74) is 6.50. The second-order valence-corrected chi connectivity index (χ2v) is 1.77. The Hall–Kier alpha value is 0.760. The molecule has 3 N–H and O–H groups in total. The van der Waals surface area contributed by atoms with Crippen LogP contribution in [0, 0.1) is 0 Å². The van der Waals surface area contributed by atoms with E-state index in [-0.39, 0.29) is 34.7 Å². The molecule has 0 saturated carbocycles. The molecule has 0 bridgehead atoms. The van der Waals surface area contributed by atoms with Gasteiger partial charge in [0.05, 0.1) is 0 Å². The van der Waals surface area contributed by atoms with Gasteiger partial charge in [0.2, 0.25) is 0 Å². The van der Waals surface area contributed by atoms with Crippen LogP contribution in [0.1, 0.15) is 0 Å². The molecule has 1 unspecified atom stereocenters. The maximum Gasteiger partial charge on any atom is 1.00 e. The standard InChI is InChI=1S/CH4N2O3S2.Na/c2-1(7)3-6-8(4)5;/h(H,4,5)(H3,2,3,7);/q;+1/p-1. The molecule has 0 aliphatic rings. The zero-order valence-corrected chi connectivity index (χ0v) is 8.25. The van der Waals surface area contributed by atoms with Crippen LogP contribution in [0.15, 0.2) is 0 Å². The molecule has 9 heavy (non-hydrogen) atoms. The predicted octanol–water partition coefficient (Wildman–Crippen LogP) is -4.45. The van der Waals surface area contributed by atoms with Crippen LogP contribution in [0.5, 0.6) is 0 Å². The number of hydroxylamine groups is 1. The molecule has 0 fully saturated rings. The zero-order chi connectivity index (χ0) is 6.57. The molecule has 0 aromatic rings. The largest absolute Gasteiger partial charge is 1.00 e. The Labute approximate surface area is 82.1 Å². The van der Waals surface area contributed by atoms with E-state index in [2.05, 4.69) is 16.5 Å². The molecular formula is CH3N2NaO3S2. The normalized spacial score (nSPS) is 11.2. The smallest absolute Gasteiger partial charge is 0.748 e. The van der Waals surface area contributed by atoms with E-state index in [1.807, 2.05) is 0 Å². The van der Waals surface area contributed by atoms with E-state index in [0.29, 0.717) is 0 Å². The van der Waals surface area contributed by atoms with Crippen molar-refractivity contribution >= 4 is 28.7 Å².